The Kier molecular flexibility index (Phi) is 4.69. The van der Waals surface area contributed by atoms with Gasteiger partial charge in [0.1, 0.15) is 18.0 Å². The van der Waals surface area contributed by atoms with Gasteiger partial charge in [-0.1, -0.05) is 6.07 Å². The molecule has 28 heavy (non-hydrogen) atoms. The second-order valence-electron chi connectivity index (χ2n) is 6.73. The number of hydrogen-bond acceptors (Lipinski definition) is 8. The third-order valence-electron chi connectivity index (χ3n) is 4.75. The van der Waals surface area contributed by atoms with Gasteiger partial charge in [0.2, 0.25) is 5.69 Å². The molecule has 1 aliphatic heterocycles. The summed E-state index contributed by atoms with van der Waals surface area (Å²) in [6.45, 7) is 1.96. The van der Waals surface area contributed by atoms with E-state index in [1.807, 2.05) is 5.48 Å². The molecule has 10 nitrogen and oxygen atoms in total. The van der Waals surface area contributed by atoms with Crippen LogP contribution in [0.3, 0.4) is 0 Å². The van der Waals surface area contributed by atoms with Gasteiger partial charge in [0.25, 0.3) is 11.8 Å². The molecule has 4 rings (SSSR count). The fourth-order valence-corrected chi connectivity index (χ4v) is 3.18. The van der Waals surface area contributed by atoms with Crippen LogP contribution in [0.25, 0.3) is 0 Å². The summed E-state index contributed by atoms with van der Waals surface area (Å²) in [5.74, 6) is -0.750. The van der Waals surface area contributed by atoms with Crippen LogP contribution >= 0.6 is 0 Å². The molecule has 11 heteroatoms. The minimum absolute atomic E-state index is 0.00763. The molecule has 1 aromatic carbocycles. The molecule has 2 aliphatic rings. The van der Waals surface area contributed by atoms with E-state index in [1.54, 1.807) is 6.07 Å². The lowest BCUT2D eigenvalue weighted by molar-refractivity contribution is -0.148. The number of carbonyl (C=O) groups is 1. The van der Waals surface area contributed by atoms with Gasteiger partial charge in [0, 0.05) is 0 Å². The van der Waals surface area contributed by atoms with Crippen molar-refractivity contribution in [2.75, 3.05) is 13.1 Å². The third-order valence-corrected chi connectivity index (χ3v) is 4.75. The van der Waals surface area contributed by atoms with E-state index >= 15 is 0 Å². The van der Waals surface area contributed by atoms with Crippen LogP contribution in [0.15, 0.2) is 27.8 Å². The Morgan fingerprint density at radius 1 is 1.46 bits per heavy atom. The average Bonchev–Trinajstić information content (AvgIpc) is 3.08. The van der Waals surface area contributed by atoms with E-state index in [-0.39, 0.29) is 54.4 Å². The highest BCUT2D eigenvalue weighted by atomic mass is 19.1. The maximum atomic E-state index is 13.4. The van der Waals surface area contributed by atoms with Crippen LogP contribution in [0.5, 0.6) is 5.88 Å². The average molecular weight is 391 g/mol. The van der Waals surface area contributed by atoms with Gasteiger partial charge in [-0.3, -0.25) is 20.5 Å². The molecule has 1 aliphatic carbocycles. The van der Waals surface area contributed by atoms with E-state index in [0.29, 0.717) is 6.42 Å². The Morgan fingerprint density at radius 2 is 2.25 bits per heavy atom. The van der Waals surface area contributed by atoms with Crippen LogP contribution < -0.4 is 10.2 Å². The summed E-state index contributed by atoms with van der Waals surface area (Å²) in [6, 6.07) is 4.16. The number of aliphatic imine (C=N–C) groups is 1. The van der Waals surface area contributed by atoms with Gasteiger partial charge < -0.3 is 14.7 Å². The monoisotopic (exact) mass is 391 g/mol. The number of aliphatic hydroxyl groups is 1. The lowest BCUT2D eigenvalue weighted by atomic mass is 9.83. The second-order valence-corrected chi connectivity index (χ2v) is 6.73. The normalized spacial score (nSPS) is 20.1. The van der Waals surface area contributed by atoms with Gasteiger partial charge in [-0.15, -0.1) is 0 Å². The summed E-state index contributed by atoms with van der Waals surface area (Å²) in [4.78, 5) is 17.5. The van der Waals surface area contributed by atoms with Crippen LogP contribution in [0, 0.1) is 5.82 Å². The van der Waals surface area contributed by atoms with E-state index in [0.717, 1.165) is 11.1 Å². The number of nitrogens with zero attached hydrogens (tertiary/aromatic N) is 4. The van der Waals surface area contributed by atoms with Gasteiger partial charge >= 0.3 is 0 Å². The molecular formula is C17H18FN5O5. The van der Waals surface area contributed by atoms with Crippen LogP contribution in [0.4, 0.5) is 4.39 Å². The Bertz CT molecular complexity index is 924. The maximum Gasteiger partial charge on any atom is 0.287 e. The van der Waals surface area contributed by atoms with Crippen molar-refractivity contribution >= 4 is 11.7 Å². The zero-order valence-electron chi connectivity index (χ0n) is 14.9. The highest BCUT2D eigenvalue weighted by Gasteiger charge is 2.36. The molecule has 2 atom stereocenters. The minimum atomic E-state index is -1.07. The smallest absolute Gasteiger partial charge is 0.287 e. The Morgan fingerprint density at radius 3 is 2.96 bits per heavy atom. The molecule has 148 valence electrons. The van der Waals surface area contributed by atoms with Crippen LogP contribution in [0.1, 0.15) is 29.8 Å². The number of amides is 1. The van der Waals surface area contributed by atoms with E-state index in [4.69, 9.17) is 9.37 Å². The predicted octanol–water partition coefficient (Wildman–Crippen LogP) is 0.202. The number of amidine groups is 1. The van der Waals surface area contributed by atoms with E-state index in [1.165, 1.54) is 24.0 Å². The molecule has 1 unspecified atom stereocenters. The summed E-state index contributed by atoms with van der Waals surface area (Å²) in [5.41, 5.74) is 3.74. The standard InChI is InChI=1S/C17H18FN5O5/c1-8(24)17(25)23-6-11(7-23)27-16-14(21-28-22-16)15(20-26)19-13-4-9-2-3-10(18)5-12(9)13/h2-3,5,8,11,13,24,26H,4,6-7H2,1H3,(H,19,20)/t8?,13-/m0/s1. The lowest BCUT2D eigenvalue weighted by Gasteiger charge is -2.38. The van der Waals surface area contributed by atoms with Gasteiger partial charge in [0.05, 0.1) is 19.1 Å². The number of likely N-dealkylation sites (tertiary alicyclic amines) is 1. The first-order valence-electron chi connectivity index (χ1n) is 8.69. The first kappa shape index (κ1) is 18.3. The number of ether oxygens (including phenoxy) is 1. The number of aromatic nitrogens is 2. The van der Waals surface area contributed by atoms with Gasteiger partial charge in [-0.25, -0.2) is 9.02 Å². The summed E-state index contributed by atoms with van der Waals surface area (Å²) in [5, 5.41) is 26.2. The van der Waals surface area contributed by atoms with Crippen molar-refractivity contribution in [3.05, 3.63) is 40.8 Å². The minimum Gasteiger partial charge on any atom is -0.467 e. The molecule has 2 aromatic rings. The number of nitrogens with one attached hydrogen (secondary N) is 1. The van der Waals surface area contributed by atoms with Crippen LogP contribution in [-0.2, 0) is 11.2 Å². The van der Waals surface area contributed by atoms with E-state index < -0.39 is 6.10 Å². The molecule has 1 saturated heterocycles. The predicted molar refractivity (Wildman–Crippen MR) is 91.3 cm³/mol. The van der Waals surface area contributed by atoms with Crippen LogP contribution in [-0.4, -0.2) is 62.6 Å². The van der Waals surface area contributed by atoms with E-state index in [9.17, 15) is 19.5 Å². The third kappa shape index (κ3) is 3.29. The fraction of sp³-hybridized carbons (Fsp3) is 0.412. The SMILES string of the molecule is CC(O)C(=O)N1CC(Oc2nonc2C(=N[C@H]2Cc3ccc(F)cc32)NO)C1. The maximum absolute atomic E-state index is 13.4. The quantitative estimate of drug-likeness (QED) is 0.374. The zero-order chi connectivity index (χ0) is 19.8. The van der Waals surface area contributed by atoms with Gasteiger partial charge in [-0.2, -0.15) is 0 Å². The number of hydroxylamine groups is 1. The number of halogens is 1. The zero-order valence-corrected chi connectivity index (χ0v) is 14.9. The summed E-state index contributed by atoms with van der Waals surface area (Å²) in [7, 11) is 0. The van der Waals surface area contributed by atoms with E-state index in [2.05, 4.69) is 15.3 Å². The Hall–Kier alpha value is -3.05. The molecular weight excluding hydrogens is 373 g/mol. The number of aliphatic hydroxyl groups excluding tert-OH is 1. The number of carbonyl (C=O) groups excluding carboxylic acids is 1. The molecule has 0 saturated carbocycles. The molecule has 0 bridgehead atoms. The molecule has 1 fully saturated rings. The summed E-state index contributed by atoms with van der Waals surface area (Å²) < 4.78 is 23.8. The number of benzene rings is 1. The number of rotatable bonds is 5. The Labute approximate surface area is 158 Å². The highest BCUT2D eigenvalue weighted by Crippen LogP contribution is 2.37. The molecule has 0 radical (unpaired) electrons. The van der Waals surface area contributed by atoms with Crippen molar-refractivity contribution in [3.63, 3.8) is 0 Å². The number of hydrogen-bond donors (Lipinski definition) is 3. The number of fused-ring (bicyclic) bond motifs is 1. The summed E-state index contributed by atoms with van der Waals surface area (Å²) >= 11 is 0. The van der Waals surface area contributed by atoms with Crippen molar-refractivity contribution in [1.82, 2.24) is 20.7 Å². The van der Waals surface area contributed by atoms with Crippen molar-refractivity contribution < 1.29 is 28.9 Å². The second kappa shape index (κ2) is 7.17. The van der Waals surface area contributed by atoms with Crippen molar-refractivity contribution in [2.24, 2.45) is 4.99 Å². The van der Waals surface area contributed by atoms with Crippen molar-refractivity contribution in [1.29, 1.82) is 0 Å². The molecule has 2 heterocycles. The Balaban J connectivity index is 1.45. The lowest BCUT2D eigenvalue weighted by Crippen LogP contribution is -2.58. The fourth-order valence-electron chi connectivity index (χ4n) is 3.18. The van der Waals surface area contributed by atoms with Crippen LogP contribution in [0.2, 0.25) is 0 Å². The van der Waals surface area contributed by atoms with Gasteiger partial charge in [0.15, 0.2) is 5.84 Å². The highest BCUT2D eigenvalue weighted by molar-refractivity contribution is 5.98. The first-order valence-corrected chi connectivity index (χ1v) is 8.69. The topological polar surface area (TPSA) is 133 Å². The summed E-state index contributed by atoms with van der Waals surface area (Å²) in [6.07, 6.45) is -0.828. The van der Waals surface area contributed by atoms with Crippen molar-refractivity contribution in [3.8, 4) is 5.88 Å². The molecule has 0 spiro atoms. The van der Waals surface area contributed by atoms with Crippen molar-refractivity contribution in [2.45, 2.75) is 31.6 Å². The molecule has 1 amide bonds. The first-order chi connectivity index (χ1) is 13.5. The molecule has 1 aromatic heterocycles. The largest absolute Gasteiger partial charge is 0.467 e. The molecule has 3 N–H and O–H groups in total. The van der Waals surface area contributed by atoms with Gasteiger partial charge in [-0.05, 0) is 46.9 Å².